The molecule has 182 valence electrons. The second-order valence-corrected chi connectivity index (χ2v) is 8.06. The standard InChI is InChI=1S/C22H28N6O6/c23-10-19(30)26-16(8-13-3-5-15(29)6-4-13)20(31)27-17(9-14-11-24-12-25-14)21(32)28-7-1-2-18(28)22(33)34/h3-6,11-12,16-18,29H,1-2,7-10,23H2,(H,24,25)(H,26,30)(H,27,31)(H,33,34). The number of carbonyl (C=O) groups excluding carboxylic acids is 3. The lowest BCUT2D eigenvalue weighted by molar-refractivity contribution is -0.149. The van der Waals surface area contributed by atoms with Crippen molar-refractivity contribution in [1.82, 2.24) is 25.5 Å². The fraction of sp³-hybridized carbons (Fsp3) is 0.409. The molecule has 2 aromatic rings. The van der Waals surface area contributed by atoms with Gasteiger partial charge in [-0.05, 0) is 30.5 Å². The van der Waals surface area contributed by atoms with Crippen molar-refractivity contribution in [3.8, 4) is 5.75 Å². The number of benzene rings is 1. The van der Waals surface area contributed by atoms with E-state index in [4.69, 9.17) is 5.73 Å². The normalized spacial score (nSPS) is 17.1. The summed E-state index contributed by atoms with van der Waals surface area (Å²) in [6, 6.07) is 3.05. The molecule has 0 spiro atoms. The van der Waals surface area contributed by atoms with E-state index in [1.165, 1.54) is 29.6 Å². The quantitative estimate of drug-likeness (QED) is 0.251. The Hall–Kier alpha value is -3.93. The molecule has 1 aliphatic rings. The summed E-state index contributed by atoms with van der Waals surface area (Å²) in [4.78, 5) is 58.1. The number of nitrogens with zero attached hydrogens (tertiary/aromatic N) is 2. The van der Waals surface area contributed by atoms with Crippen molar-refractivity contribution in [3.05, 3.63) is 48.0 Å². The molecule has 0 radical (unpaired) electrons. The molecule has 1 fully saturated rings. The zero-order valence-corrected chi connectivity index (χ0v) is 18.4. The Balaban J connectivity index is 1.81. The Bertz CT molecular complexity index is 1010. The highest BCUT2D eigenvalue weighted by molar-refractivity contribution is 5.94. The summed E-state index contributed by atoms with van der Waals surface area (Å²) >= 11 is 0. The average Bonchev–Trinajstić information content (AvgIpc) is 3.51. The molecule has 12 nitrogen and oxygen atoms in total. The second-order valence-electron chi connectivity index (χ2n) is 8.06. The molecule has 12 heteroatoms. The summed E-state index contributed by atoms with van der Waals surface area (Å²) in [5.41, 5.74) is 6.63. The Kier molecular flexibility index (Phi) is 8.19. The summed E-state index contributed by atoms with van der Waals surface area (Å²) in [7, 11) is 0. The van der Waals surface area contributed by atoms with Gasteiger partial charge in [0, 0.05) is 31.3 Å². The molecule has 1 aliphatic heterocycles. The van der Waals surface area contributed by atoms with Crippen LogP contribution in [0.15, 0.2) is 36.8 Å². The summed E-state index contributed by atoms with van der Waals surface area (Å²) in [5.74, 6) is -2.75. The van der Waals surface area contributed by atoms with Crippen molar-refractivity contribution < 1.29 is 29.4 Å². The van der Waals surface area contributed by atoms with Gasteiger partial charge in [-0.3, -0.25) is 14.4 Å². The minimum absolute atomic E-state index is 0.0551. The van der Waals surface area contributed by atoms with Gasteiger partial charge in [-0.25, -0.2) is 9.78 Å². The number of hydrogen-bond acceptors (Lipinski definition) is 7. The SMILES string of the molecule is NCC(=O)NC(Cc1ccc(O)cc1)C(=O)NC(Cc1cnc[nH]1)C(=O)N1CCCC1C(=O)O. The second kappa shape index (κ2) is 11.3. The summed E-state index contributed by atoms with van der Waals surface area (Å²) in [6.07, 6.45) is 3.97. The largest absolute Gasteiger partial charge is 0.508 e. The number of carboxylic acids is 1. The van der Waals surface area contributed by atoms with Crippen molar-refractivity contribution in [2.75, 3.05) is 13.1 Å². The van der Waals surface area contributed by atoms with Gasteiger partial charge in [0.1, 0.15) is 23.9 Å². The third kappa shape index (κ3) is 6.32. The van der Waals surface area contributed by atoms with Crippen LogP contribution in [0.1, 0.15) is 24.1 Å². The van der Waals surface area contributed by atoms with Gasteiger partial charge in [0.05, 0.1) is 12.9 Å². The van der Waals surface area contributed by atoms with Gasteiger partial charge in [-0.2, -0.15) is 0 Å². The molecule has 3 rings (SSSR count). The highest BCUT2D eigenvalue weighted by Crippen LogP contribution is 2.19. The van der Waals surface area contributed by atoms with Crippen LogP contribution in [0.25, 0.3) is 0 Å². The van der Waals surface area contributed by atoms with Gasteiger partial charge in [-0.1, -0.05) is 12.1 Å². The molecular formula is C22H28N6O6. The number of rotatable bonds is 10. The molecule has 1 saturated heterocycles. The number of carboxylic acid groups (broad SMARTS) is 1. The van der Waals surface area contributed by atoms with Gasteiger partial charge in [0.2, 0.25) is 17.7 Å². The smallest absolute Gasteiger partial charge is 0.326 e. The third-order valence-electron chi connectivity index (χ3n) is 5.63. The fourth-order valence-corrected chi connectivity index (χ4v) is 3.91. The predicted octanol–water partition coefficient (Wildman–Crippen LogP) is -1.10. The summed E-state index contributed by atoms with van der Waals surface area (Å²) in [6.45, 7) is -0.0596. The first-order valence-electron chi connectivity index (χ1n) is 10.9. The topological polar surface area (TPSA) is 191 Å². The Labute approximate surface area is 195 Å². The first-order valence-corrected chi connectivity index (χ1v) is 10.9. The lowest BCUT2D eigenvalue weighted by atomic mass is 10.0. The molecule has 3 atom stereocenters. The lowest BCUT2D eigenvalue weighted by Crippen LogP contribution is -2.57. The minimum atomic E-state index is -1.10. The molecular weight excluding hydrogens is 444 g/mol. The van der Waals surface area contributed by atoms with Crippen molar-refractivity contribution in [2.45, 2.75) is 43.8 Å². The molecule has 1 aromatic heterocycles. The number of carbonyl (C=O) groups is 4. The maximum atomic E-state index is 13.3. The maximum absolute atomic E-state index is 13.3. The van der Waals surface area contributed by atoms with Gasteiger partial charge < -0.3 is 36.5 Å². The fourth-order valence-electron chi connectivity index (χ4n) is 3.91. The summed E-state index contributed by atoms with van der Waals surface area (Å²) < 4.78 is 0. The van der Waals surface area contributed by atoms with Crippen LogP contribution in [-0.2, 0) is 32.0 Å². The highest BCUT2D eigenvalue weighted by atomic mass is 16.4. The van der Waals surface area contributed by atoms with E-state index in [0.717, 1.165) is 0 Å². The molecule has 0 aliphatic carbocycles. The van der Waals surface area contributed by atoms with E-state index in [-0.39, 0.29) is 31.7 Å². The molecule has 3 unspecified atom stereocenters. The van der Waals surface area contributed by atoms with Crippen LogP contribution >= 0.6 is 0 Å². The van der Waals surface area contributed by atoms with Crippen molar-refractivity contribution in [1.29, 1.82) is 0 Å². The maximum Gasteiger partial charge on any atom is 0.326 e. The molecule has 1 aromatic carbocycles. The van der Waals surface area contributed by atoms with Gasteiger partial charge >= 0.3 is 5.97 Å². The number of imidazole rings is 1. The van der Waals surface area contributed by atoms with E-state index in [2.05, 4.69) is 20.6 Å². The average molecular weight is 473 g/mol. The predicted molar refractivity (Wildman–Crippen MR) is 119 cm³/mol. The molecule has 2 heterocycles. The van der Waals surface area contributed by atoms with Gasteiger partial charge in [0.25, 0.3) is 0 Å². The Morgan fingerprint density at radius 1 is 1.15 bits per heavy atom. The number of likely N-dealkylation sites (tertiary alicyclic amines) is 1. The highest BCUT2D eigenvalue weighted by Gasteiger charge is 2.38. The van der Waals surface area contributed by atoms with Crippen molar-refractivity contribution in [3.63, 3.8) is 0 Å². The number of hydrogen-bond donors (Lipinski definition) is 6. The van der Waals surface area contributed by atoms with Crippen LogP contribution in [-0.4, -0.2) is 80.0 Å². The first-order chi connectivity index (χ1) is 16.3. The van der Waals surface area contributed by atoms with Crippen LogP contribution in [0.4, 0.5) is 0 Å². The molecule has 0 bridgehead atoms. The number of nitrogens with two attached hydrogens (primary N) is 1. The van der Waals surface area contributed by atoms with Gasteiger partial charge in [0.15, 0.2) is 0 Å². The van der Waals surface area contributed by atoms with Crippen molar-refractivity contribution >= 4 is 23.7 Å². The van der Waals surface area contributed by atoms with E-state index >= 15 is 0 Å². The number of aromatic hydroxyl groups is 1. The lowest BCUT2D eigenvalue weighted by Gasteiger charge is -2.28. The number of aliphatic carboxylic acids is 1. The number of aromatic nitrogens is 2. The van der Waals surface area contributed by atoms with Crippen LogP contribution in [0.5, 0.6) is 5.75 Å². The minimum Gasteiger partial charge on any atom is -0.508 e. The number of phenolic OH excluding ortho intramolecular Hbond substituents is 1. The number of phenols is 1. The molecule has 7 N–H and O–H groups in total. The van der Waals surface area contributed by atoms with Crippen LogP contribution < -0.4 is 16.4 Å². The van der Waals surface area contributed by atoms with Crippen molar-refractivity contribution in [2.24, 2.45) is 5.73 Å². The third-order valence-corrected chi connectivity index (χ3v) is 5.63. The van der Waals surface area contributed by atoms with E-state index in [1.54, 1.807) is 12.1 Å². The van der Waals surface area contributed by atoms with E-state index < -0.39 is 41.8 Å². The van der Waals surface area contributed by atoms with Crippen LogP contribution in [0, 0.1) is 0 Å². The van der Waals surface area contributed by atoms with Crippen LogP contribution in [0.2, 0.25) is 0 Å². The number of nitrogens with one attached hydrogen (secondary N) is 3. The monoisotopic (exact) mass is 472 g/mol. The number of amides is 3. The van der Waals surface area contributed by atoms with E-state index in [1.807, 2.05) is 0 Å². The zero-order valence-electron chi connectivity index (χ0n) is 18.4. The first kappa shape index (κ1) is 24.7. The van der Waals surface area contributed by atoms with Crippen LogP contribution in [0.3, 0.4) is 0 Å². The molecule has 34 heavy (non-hydrogen) atoms. The van der Waals surface area contributed by atoms with Gasteiger partial charge in [-0.15, -0.1) is 0 Å². The van der Waals surface area contributed by atoms with E-state index in [0.29, 0.717) is 24.1 Å². The Morgan fingerprint density at radius 3 is 2.50 bits per heavy atom. The summed E-state index contributed by atoms with van der Waals surface area (Å²) in [5, 5.41) is 24.2. The number of H-pyrrole nitrogens is 1. The van der Waals surface area contributed by atoms with E-state index in [9.17, 15) is 29.4 Å². The number of aromatic amines is 1. The zero-order chi connectivity index (χ0) is 24.7. The Morgan fingerprint density at radius 2 is 1.88 bits per heavy atom. The molecule has 0 saturated carbocycles. The molecule has 3 amide bonds.